The summed E-state index contributed by atoms with van der Waals surface area (Å²) in [5.74, 6) is -0.344. The molecule has 0 aliphatic rings. The van der Waals surface area contributed by atoms with Crippen LogP contribution in [0.3, 0.4) is 0 Å². The van der Waals surface area contributed by atoms with Gasteiger partial charge >= 0.3 is 5.69 Å². The summed E-state index contributed by atoms with van der Waals surface area (Å²) < 4.78 is 0. The van der Waals surface area contributed by atoms with Crippen molar-refractivity contribution >= 4 is 17.1 Å². The Bertz CT molecular complexity index is 572. The molecule has 0 amide bonds. The van der Waals surface area contributed by atoms with E-state index in [0.717, 1.165) is 5.69 Å². The molecule has 0 saturated heterocycles. The van der Waals surface area contributed by atoms with Crippen LogP contribution in [0.4, 0.5) is 17.1 Å². The first-order valence-corrected chi connectivity index (χ1v) is 5.21. The minimum Gasteiger partial charge on any atom is -0.502 e. The van der Waals surface area contributed by atoms with Crippen LogP contribution in [0.5, 0.6) is 5.75 Å². The molecular formula is C12H11N3O3. The lowest BCUT2D eigenvalue weighted by Crippen LogP contribution is -2.09. The summed E-state index contributed by atoms with van der Waals surface area (Å²) in [5, 5.41) is 20.1. The molecule has 6 heteroatoms. The molecule has 0 fully saturated rings. The topological polar surface area (TPSA) is 79.5 Å². The standard InChI is InChI=1S/C12H11N3O3/c1-14(10-3-2-6-13-8-10)9-4-5-12(16)11(7-9)15(17)18/h2-8,16H,1H3. The summed E-state index contributed by atoms with van der Waals surface area (Å²) in [4.78, 5) is 15.9. The molecule has 2 rings (SSSR count). The molecule has 0 radical (unpaired) electrons. The summed E-state index contributed by atoms with van der Waals surface area (Å²) in [7, 11) is 1.77. The third-order valence-electron chi connectivity index (χ3n) is 2.58. The lowest BCUT2D eigenvalue weighted by atomic mass is 10.2. The summed E-state index contributed by atoms with van der Waals surface area (Å²) >= 11 is 0. The first kappa shape index (κ1) is 11.8. The lowest BCUT2D eigenvalue weighted by Gasteiger charge is -2.18. The van der Waals surface area contributed by atoms with Gasteiger partial charge in [-0.25, -0.2) is 0 Å². The van der Waals surface area contributed by atoms with E-state index < -0.39 is 4.92 Å². The van der Waals surface area contributed by atoms with Gasteiger partial charge in [0.15, 0.2) is 5.75 Å². The SMILES string of the molecule is CN(c1cccnc1)c1ccc(O)c([N+](=O)[O-])c1. The van der Waals surface area contributed by atoms with Crippen molar-refractivity contribution in [2.75, 3.05) is 11.9 Å². The molecule has 0 unspecified atom stereocenters. The number of aromatic nitrogens is 1. The second-order valence-corrected chi connectivity index (χ2v) is 3.70. The first-order valence-electron chi connectivity index (χ1n) is 5.21. The van der Waals surface area contributed by atoms with Crippen LogP contribution in [-0.4, -0.2) is 22.1 Å². The van der Waals surface area contributed by atoms with Crippen molar-refractivity contribution in [1.82, 2.24) is 4.98 Å². The molecule has 1 N–H and O–H groups in total. The Morgan fingerprint density at radius 3 is 2.72 bits per heavy atom. The van der Waals surface area contributed by atoms with Crippen LogP contribution < -0.4 is 4.90 Å². The third-order valence-corrected chi connectivity index (χ3v) is 2.58. The van der Waals surface area contributed by atoms with Crippen molar-refractivity contribution in [2.24, 2.45) is 0 Å². The number of phenolic OH excluding ortho intramolecular Hbond substituents is 1. The van der Waals surface area contributed by atoms with Crippen LogP contribution in [0.15, 0.2) is 42.7 Å². The van der Waals surface area contributed by atoms with Gasteiger partial charge in [-0.2, -0.15) is 0 Å². The highest BCUT2D eigenvalue weighted by atomic mass is 16.6. The van der Waals surface area contributed by atoms with Crippen LogP contribution in [0.1, 0.15) is 0 Å². The molecule has 1 aromatic carbocycles. The molecule has 0 saturated carbocycles. The molecule has 2 aromatic rings. The van der Waals surface area contributed by atoms with Crippen molar-refractivity contribution in [3.63, 3.8) is 0 Å². The average Bonchev–Trinajstić information content (AvgIpc) is 2.39. The van der Waals surface area contributed by atoms with Crippen molar-refractivity contribution in [2.45, 2.75) is 0 Å². The fraction of sp³-hybridized carbons (Fsp3) is 0.0833. The quantitative estimate of drug-likeness (QED) is 0.663. The van der Waals surface area contributed by atoms with Gasteiger partial charge in [0.2, 0.25) is 0 Å². The molecule has 0 bridgehead atoms. The van der Waals surface area contributed by atoms with Gasteiger partial charge in [-0.15, -0.1) is 0 Å². The molecular weight excluding hydrogens is 234 g/mol. The molecule has 6 nitrogen and oxygen atoms in total. The van der Waals surface area contributed by atoms with E-state index in [0.29, 0.717) is 5.69 Å². The first-order chi connectivity index (χ1) is 8.59. The van der Waals surface area contributed by atoms with E-state index in [1.165, 1.54) is 12.1 Å². The molecule has 1 heterocycles. The van der Waals surface area contributed by atoms with Gasteiger partial charge in [-0.05, 0) is 24.3 Å². The van der Waals surface area contributed by atoms with Gasteiger partial charge in [-0.3, -0.25) is 15.1 Å². The third kappa shape index (κ3) is 2.22. The maximum Gasteiger partial charge on any atom is 0.312 e. The highest BCUT2D eigenvalue weighted by molar-refractivity contribution is 5.66. The maximum absolute atomic E-state index is 10.7. The smallest absolute Gasteiger partial charge is 0.312 e. The van der Waals surface area contributed by atoms with Gasteiger partial charge in [0.05, 0.1) is 16.8 Å². The Morgan fingerprint density at radius 2 is 2.11 bits per heavy atom. The number of hydrogen-bond donors (Lipinski definition) is 1. The van der Waals surface area contributed by atoms with Gasteiger partial charge < -0.3 is 10.0 Å². The largest absolute Gasteiger partial charge is 0.502 e. The Labute approximate surface area is 103 Å². The summed E-state index contributed by atoms with van der Waals surface area (Å²) in [5.41, 5.74) is 1.09. The zero-order valence-electron chi connectivity index (χ0n) is 9.65. The van der Waals surface area contributed by atoms with E-state index in [9.17, 15) is 15.2 Å². The van der Waals surface area contributed by atoms with E-state index in [2.05, 4.69) is 4.98 Å². The lowest BCUT2D eigenvalue weighted by molar-refractivity contribution is -0.385. The minimum atomic E-state index is -0.615. The normalized spacial score (nSPS) is 10.1. The van der Waals surface area contributed by atoms with Crippen molar-refractivity contribution in [3.8, 4) is 5.75 Å². The Kier molecular flexibility index (Phi) is 3.09. The van der Waals surface area contributed by atoms with Gasteiger partial charge in [-0.1, -0.05) is 0 Å². The zero-order chi connectivity index (χ0) is 13.1. The van der Waals surface area contributed by atoms with E-state index in [1.807, 2.05) is 6.07 Å². The number of phenols is 1. The van der Waals surface area contributed by atoms with Gasteiger partial charge in [0.1, 0.15) is 0 Å². The average molecular weight is 245 g/mol. The van der Waals surface area contributed by atoms with Crippen molar-refractivity contribution < 1.29 is 10.0 Å². The van der Waals surface area contributed by atoms with Crippen molar-refractivity contribution in [3.05, 3.63) is 52.8 Å². The Hall–Kier alpha value is -2.63. The zero-order valence-corrected chi connectivity index (χ0v) is 9.65. The van der Waals surface area contributed by atoms with E-state index in [-0.39, 0.29) is 11.4 Å². The van der Waals surface area contributed by atoms with Crippen LogP contribution in [0.25, 0.3) is 0 Å². The van der Waals surface area contributed by atoms with E-state index in [1.54, 1.807) is 36.5 Å². The summed E-state index contributed by atoms with van der Waals surface area (Å²) in [6.07, 6.45) is 3.30. The molecule has 92 valence electrons. The highest BCUT2D eigenvalue weighted by Crippen LogP contribution is 2.32. The molecule has 1 aromatic heterocycles. The van der Waals surface area contributed by atoms with E-state index >= 15 is 0 Å². The molecule has 0 aliphatic carbocycles. The minimum absolute atomic E-state index is 0.316. The number of aromatic hydroxyl groups is 1. The fourth-order valence-electron chi connectivity index (χ4n) is 1.57. The van der Waals surface area contributed by atoms with Crippen molar-refractivity contribution in [1.29, 1.82) is 0 Å². The number of anilines is 2. The number of benzene rings is 1. The number of hydrogen-bond acceptors (Lipinski definition) is 5. The number of nitro groups is 1. The second-order valence-electron chi connectivity index (χ2n) is 3.70. The molecule has 0 atom stereocenters. The number of pyridine rings is 1. The molecule has 18 heavy (non-hydrogen) atoms. The Morgan fingerprint density at radius 1 is 1.33 bits per heavy atom. The van der Waals surface area contributed by atoms with E-state index in [4.69, 9.17) is 0 Å². The predicted molar refractivity (Wildman–Crippen MR) is 67.1 cm³/mol. The van der Waals surface area contributed by atoms with Crippen LogP contribution in [0.2, 0.25) is 0 Å². The molecule has 0 spiro atoms. The number of nitro benzene ring substituents is 1. The highest BCUT2D eigenvalue weighted by Gasteiger charge is 2.15. The Balaban J connectivity index is 2.40. The molecule has 0 aliphatic heterocycles. The maximum atomic E-state index is 10.7. The second kappa shape index (κ2) is 4.70. The predicted octanol–water partition coefficient (Wildman–Crippen LogP) is 2.46. The van der Waals surface area contributed by atoms with Gasteiger partial charge in [0, 0.05) is 25.0 Å². The number of nitrogens with zero attached hydrogens (tertiary/aromatic N) is 3. The number of rotatable bonds is 3. The van der Waals surface area contributed by atoms with Crippen LogP contribution >= 0.6 is 0 Å². The summed E-state index contributed by atoms with van der Waals surface area (Å²) in [6, 6.07) is 7.85. The van der Waals surface area contributed by atoms with Crippen LogP contribution in [-0.2, 0) is 0 Å². The fourth-order valence-corrected chi connectivity index (χ4v) is 1.57. The van der Waals surface area contributed by atoms with Crippen LogP contribution in [0, 0.1) is 10.1 Å². The summed E-state index contributed by atoms with van der Waals surface area (Å²) in [6.45, 7) is 0. The monoisotopic (exact) mass is 245 g/mol. The van der Waals surface area contributed by atoms with Gasteiger partial charge in [0.25, 0.3) is 0 Å².